The average molecular weight is 346 g/mol. The number of hydrogen-bond donors (Lipinski definition) is 0. The summed E-state index contributed by atoms with van der Waals surface area (Å²) in [4.78, 5) is 13.8. The first kappa shape index (κ1) is 18.3. The molecular weight excluding hydrogens is 322 g/mol. The number of aromatic nitrogens is 2. The van der Waals surface area contributed by atoms with Crippen LogP contribution in [-0.2, 0) is 17.9 Å². The molecule has 0 N–H and O–H groups in total. The summed E-state index contributed by atoms with van der Waals surface area (Å²) in [6.07, 6.45) is 5.19. The summed E-state index contributed by atoms with van der Waals surface area (Å²) >= 11 is 6.15. The Labute approximate surface area is 148 Å². The molecule has 4 nitrogen and oxygen atoms in total. The molecule has 0 spiro atoms. The van der Waals surface area contributed by atoms with Gasteiger partial charge in [-0.25, -0.2) is 0 Å². The minimum absolute atomic E-state index is 0.0787. The van der Waals surface area contributed by atoms with Gasteiger partial charge in [0.05, 0.1) is 11.6 Å². The van der Waals surface area contributed by atoms with E-state index in [1.807, 2.05) is 25.1 Å². The second-order valence-corrected chi connectivity index (χ2v) is 6.54. The van der Waals surface area contributed by atoms with Crippen LogP contribution in [0.5, 0.6) is 0 Å². The van der Waals surface area contributed by atoms with Crippen LogP contribution in [-0.4, -0.2) is 27.6 Å². The molecule has 0 radical (unpaired) electrons. The first-order chi connectivity index (χ1) is 11.4. The van der Waals surface area contributed by atoms with Crippen molar-refractivity contribution in [2.24, 2.45) is 0 Å². The molecule has 0 aliphatic heterocycles. The van der Waals surface area contributed by atoms with E-state index in [2.05, 4.69) is 31.1 Å². The van der Waals surface area contributed by atoms with Gasteiger partial charge in [-0.05, 0) is 30.0 Å². The van der Waals surface area contributed by atoms with Crippen LogP contribution in [0.25, 0.3) is 6.08 Å². The smallest absolute Gasteiger partial charge is 0.246 e. The van der Waals surface area contributed by atoms with Crippen molar-refractivity contribution in [2.45, 2.75) is 39.8 Å². The third-order valence-corrected chi connectivity index (χ3v) is 4.21. The van der Waals surface area contributed by atoms with Gasteiger partial charge in [0.2, 0.25) is 5.91 Å². The minimum atomic E-state index is -0.0787. The first-order valence-electron chi connectivity index (χ1n) is 8.15. The number of benzene rings is 1. The predicted octanol–water partition coefficient (Wildman–Crippen LogP) is 4.35. The Morgan fingerprint density at radius 2 is 2.00 bits per heavy atom. The predicted molar refractivity (Wildman–Crippen MR) is 99.0 cm³/mol. The fraction of sp³-hybridized carbons (Fsp3) is 0.368. The normalized spacial score (nSPS) is 11.4. The number of halogens is 1. The SMILES string of the molecule is CCn1cc(Cl)c(CN(C)C(=O)/C=C/c2ccc(C(C)C)cc2)n1. The number of hydrogen-bond acceptors (Lipinski definition) is 2. The van der Waals surface area contributed by atoms with Gasteiger partial charge >= 0.3 is 0 Å². The van der Waals surface area contributed by atoms with Gasteiger partial charge in [-0.2, -0.15) is 5.10 Å². The van der Waals surface area contributed by atoms with Crippen molar-refractivity contribution in [1.82, 2.24) is 14.7 Å². The van der Waals surface area contributed by atoms with Crippen LogP contribution < -0.4 is 0 Å². The molecule has 0 fully saturated rings. The quantitative estimate of drug-likeness (QED) is 0.730. The summed E-state index contributed by atoms with van der Waals surface area (Å²) in [5.74, 6) is 0.425. The molecule has 0 atom stereocenters. The molecule has 0 aliphatic carbocycles. The number of carbonyl (C=O) groups is 1. The van der Waals surface area contributed by atoms with E-state index in [1.54, 1.807) is 28.9 Å². The zero-order chi connectivity index (χ0) is 17.7. The van der Waals surface area contributed by atoms with Crippen LogP contribution >= 0.6 is 11.6 Å². The maximum atomic E-state index is 12.2. The van der Waals surface area contributed by atoms with Crippen molar-refractivity contribution in [3.8, 4) is 0 Å². The largest absolute Gasteiger partial charge is 0.336 e. The summed E-state index contributed by atoms with van der Waals surface area (Å²) in [6, 6.07) is 8.24. The number of amides is 1. The molecule has 0 bridgehead atoms. The topological polar surface area (TPSA) is 38.1 Å². The molecule has 5 heteroatoms. The third-order valence-electron chi connectivity index (χ3n) is 3.90. The van der Waals surface area contributed by atoms with Gasteiger partial charge in [-0.15, -0.1) is 0 Å². The van der Waals surface area contributed by atoms with Gasteiger partial charge in [-0.1, -0.05) is 49.7 Å². The van der Waals surface area contributed by atoms with Crippen LogP contribution in [0.4, 0.5) is 0 Å². The minimum Gasteiger partial charge on any atom is -0.336 e. The van der Waals surface area contributed by atoms with E-state index in [4.69, 9.17) is 11.6 Å². The number of nitrogens with zero attached hydrogens (tertiary/aromatic N) is 3. The summed E-state index contributed by atoms with van der Waals surface area (Å²) < 4.78 is 1.77. The molecule has 0 unspecified atom stereocenters. The highest BCUT2D eigenvalue weighted by molar-refractivity contribution is 6.31. The van der Waals surface area contributed by atoms with Gasteiger partial charge in [0.1, 0.15) is 5.69 Å². The van der Waals surface area contributed by atoms with Crippen molar-refractivity contribution < 1.29 is 4.79 Å². The fourth-order valence-corrected chi connectivity index (χ4v) is 2.51. The third kappa shape index (κ3) is 4.71. The number of aryl methyl sites for hydroxylation is 1. The van der Waals surface area contributed by atoms with Gasteiger partial charge in [0.25, 0.3) is 0 Å². The first-order valence-corrected chi connectivity index (χ1v) is 8.53. The molecule has 2 rings (SSSR count). The van der Waals surface area contributed by atoms with E-state index < -0.39 is 0 Å². The molecule has 1 amide bonds. The monoisotopic (exact) mass is 345 g/mol. The molecule has 0 aliphatic rings. The van der Waals surface area contributed by atoms with Crippen molar-refractivity contribution in [1.29, 1.82) is 0 Å². The summed E-state index contributed by atoms with van der Waals surface area (Å²) in [5, 5.41) is 4.95. The highest BCUT2D eigenvalue weighted by Crippen LogP contribution is 2.17. The van der Waals surface area contributed by atoms with Crippen molar-refractivity contribution in [3.63, 3.8) is 0 Å². The summed E-state index contributed by atoms with van der Waals surface area (Å²) in [7, 11) is 1.75. The molecule has 0 saturated carbocycles. The average Bonchev–Trinajstić information content (AvgIpc) is 2.92. The zero-order valence-electron chi connectivity index (χ0n) is 14.7. The Bertz CT molecular complexity index is 717. The van der Waals surface area contributed by atoms with E-state index >= 15 is 0 Å². The lowest BCUT2D eigenvalue weighted by molar-refractivity contribution is -0.125. The number of carbonyl (C=O) groups excluding carboxylic acids is 1. The molecule has 24 heavy (non-hydrogen) atoms. The van der Waals surface area contributed by atoms with E-state index in [0.717, 1.165) is 12.1 Å². The van der Waals surface area contributed by atoms with E-state index in [9.17, 15) is 4.79 Å². The van der Waals surface area contributed by atoms with Crippen molar-refractivity contribution in [3.05, 3.63) is 58.4 Å². The lowest BCUT2D eigenvalue weighted by Crippen LogP contribution is -2.24. The maximum absolute atomic E-state index is 12.2. The Hall–Kier alpha value is -2.07. The zero-order valence-corrected chi connectivity index (χ0v) is 15.4. The number of rotatable bonds is 6. The number of likely N-dealkylation sites (N-methyl/N-ethyl adjacent to an activating group) is 1. The molecule has 0 saturated heterocycles. The molecule has 1 aromatic carbocycles. The van der Waals surface area contributed by atoms with Gasteiger partial charge in [-0.3, -0.25) is 9.48 Å². The molecule has 2 aromatic rings. The fourth-order valence-electron chi connectivity index (χ4n) is 2.30. The second-order valence-electron chi connectivity index (χ2n) is 6.13. The van der Waals surface area contributed by atoms with Gasteiger partial charge in [0, 0.05) is 25.9 Å². The Morgan fingerprint density at radius 1 is 1.33 bits per heavy atom. The van der Waals surface area contributed by atoms with Crippen molar-refractivity contribution >= 4 is 23.6 Å². The Kier molecular flexibility index (Phi) is 6.21. The highest BCUT2D eigenvalue weighted by Gasteiger charge is 2.12. The maximum Gasteiger partial charge on any atom is 0.246 e. The van der Waals surface area contributed by atoms with Crippen LogP contribution in [0.3, 0.4) is 0 Å². The molecule has 128 valence electrons. The van der Waals surface area contributed by atoms with E-state index in [1.165, 1.54) is 5.56 Å². The molecule has 1 heterocycles. The second kappa shape index (κ2) is 8.15. The van der Waals surface area contributed by atoms with Crippen LogP contribution in [0, 0.1) is 0 Å². The molecular formula is C19H24ClN3O. The lowest BCUT2D eigenvalue weighted by atomic mass is 10.0. The molecule has 1 aromatic heterocycles. The van der Waals surface area contributed by atoms with Crippen molar-refractivity contribution in [2.75, 3.05) is 7.05 Å². The van der Waals surface area contributed by atoms with E-state index in [-0.39, 0.29) is 5.91 Å². The summed E-state index contributed by atoms with van der Waals surface area (Å²) in [5.41, 5.74) is 3.01. The van der Waals surface area contributed by atoms with E-state index in [0.29, 0.717) is 23.2 Å². The van der Waals surface area contributed by atoms with Gasteiger partial charge < -0.3 is 4.90 Å². The van der Waals surface area contributed by atoms with Crippen LogP contribution in [0.1, 0.15) is 43.5 Å². The highest BCUT2D eigenvalue weighted by atomic mass is 35.5. The standard InChI is InChI=1S/C19H24ClN3O/c1-5-23-12-17(20)18(21-23)13-22(4)19(24)11-8-15-6-9-16(10-7-15)14(2)3/h6-12,14H,5,13H2,1-4H3/b11-8+. The van der Waals surface area contributed by atoms with Crippen LogP contribution in [0.15, 0.2) is 36.5 Å². The Morgan fingerprint density at radius 3 is 2.54 bits per heavy atom. The summed E-state index contributed by atoms with van der Waals surface area (Å²) in [6.45, 7) is 7.46. The lowest BCUT2D eigenvalue weighted by Gasteiger charge is -2.13. The Balaban J connectivity index is 1.98. The van der Waals surface area contributed by atoms with Crippen LogP contribution in [0.2, 0.25) is 5.02 Å². The van der Waals surface area contributed by atoms with Gasteiger partial charge in [0.15, 0.2) is 0 Å².